The van der Waals surface area contributed by atoms with E-state index in [4.69, 9.17) is 9.98 Å². The van der Waals surface area contributed by atoms with E-state index >= 15 is 0 Å². The highest BCUT2D eigenvalue weighted by Crippen LogP contribution is 2.51. The molecule has 2 aromatic heterocycles. The number of aromatic nitrogens is 2. The molecule has 0 bridgehead atoms. The average molecular weight is 672 g/mol. The third-order valence-corrected chi connectivity index (χ3v) is 10.9. The first-order valence-electron chi connectivity index (χ1n) is 18.0. The number of amidine groups is 1. The molecule has 8 aromatic rings. The van der Waals surface area contributed by atoms with Gasteiger partial charge in [0.2, 0.25) is 0 Å². The molecule has 0 radical (unpaired) electrons. The van der Waals surface area contributed by atoms with Crippen LogP contribution >= 0.6 is 0 Å². The van der Waals surface area contributed by atoms with Crippen molar-refractivity contribution in [3.8, 4) is 28.1 Å². The van der Waals surface area contributed by atoms with E-state index in [9.17, 15) is 0 Å². The zero-order valence-corrected chi connectivity index (χ0v) is 29.1. The number of benzene rings is 6. The van der Waals surface area contributed by atoms with Gasteiger partial charge in [0, 0.05) is 33.5 Å². The van der Waals surface area contributed by atoms with Crippen LogP contribution in [0.5, 0.6) is 0 Å². The molecule has 0 saturated carbocycles. The summed E-state index contributed by atoms with van der Waals surface area (Å²) in [5.74, 6) is 1.74. The number of rotatable bonds is 5. The number of nitrogens with zero attached hydrogens (tertiary/aromatic N) is 3. The van der Waals surface area contributed by atoms with Crippen LogP contribution in [0, 0.1) is 0 Å². The third-order valence-electron chi connectivity index (χ3n) is 10.9. The van der Waals surface area contributed by atoms with Crippen molar-refractivity contribution in [1.29, 1.82) is 0 Å². The predicted molar refractivity (Wildman–Crippen MR) is 213 cm³/mol. The van der Waals surface area contributed by atoms with Crippen molar-refractivity contribution >= 4 is 27.6 Å². The van der Waals surface area contributed by atoms with Crippen LogP contribution in [0.25, 0.3) is 49.9 Å². The molecular weight excluding hydrogens is 635 g/mol. The standard InChI is InChI=1S/C47H37N5/c1-47(2)39-21-13-12-20-35(39)37-27-38-36-24-22-33(30-14-6-3-7-15-30)26-41(36)52(42(38)28-40(37)47)43-25-23-34(29-48-43)46-50-44(31-16-8-4-9-17-31)49-45(51-46)32-18-10-5-11-19-32/h3-29,44,46,50H,1-2H3,(H,49,51). The first kappa shape index (κ1) is 30.5. The lowest BCUT2D eigenvalue weighted by Crippen LogP contribution is -2.45. The molecule has 6 aromatic carbocycles. The Bertz CT molecular complexity index is 2640. The van der Waals surface area contributed by atoms with Gasteiger partial charge in [-0.2, -0.15) is 0 Å². The number of hydrogen-bond acceptors (Lipinski definition) is 4. The molecule has 2 unspecified atom stereocenters. The van der Waals surface area contributed by atoms with Gasteiger partial charge in [-0.3, -0.25) is 9.88 Å². The first-order chi connectivity index (χ1) is 25.5. The van der Waals surface area contributed by atoms with E-state index < -0.39 is 0 Å². The molecule has 2 atom stereocenters. The average Bonchev–Trinajstić information content (AvgIpc) is 3.65. The normalized spacial score (nSPS) is 17.4. The summed E-state index contributed by atoms with van der Waals surface area (Å²) in [5, 5.41) is 9.84. The zero-order chi connectivity index (χ0) is 34.8. The van der Waals surface area contributed by atoms with Crippen molar-refractivity contribution in [1.82, 2.24) is 20.2 Å². The molecule has 2 N–H and O–H groups in total. The Morgan fingerprint density at radius 2 is 1.25 bits per heavy atom. The molecule has 1 aliphatic heterocycles. The van der Waals surface area contributed by atoms with E-state index in [2.05, 4.69) is 175 Å². The SMILES string of the molecule is CC1(C)c2ccccc2-c2cc3c4ccc(-c5ccccc5)cc4n(-c4ccc(C5NC(c6ccccc6)=NC(c6ccccc6)N5)cn4)c3cc21. The summed E-state index contributed by atoms with van der Waals surface area (Å²) in [6.45, 7) is 4.69. The van der Waals surface area contributed by atoms with Crippen molar-refractivity contribution in [3.05, 3.63) is 192 Å². The summed E-state index contributed by atoms with van der Waals surface area (Å²) < 4.78 is 2.35. The molecule has 2 aliphatic rings. The third kappa shape index (κ3) is 4.89. The summed E-state index contributed by atoms with van der Waals surface area (Å²) in [5.41, 5.74) is 13.1. The fraction of sp³-hybridized carbons (Fsp3) is 0.106. The van der Waals surface area contributed by atoms with Gasteiger partial charge in [0.1, 0.15) is 24.0 Å². The van der Waals surface area contributed by atoms with Crippen LogP contribution in [0.15, 0.2) is 169 Å². The monoisotopic (exact) mass is 671 g/mol. The highest BCUT2D eigenvalue weighted by atomic mass is 15.3. The predicted octanol–water partition coefficient (Wildman–Crippen LogP) is 10.5. The van der Waals surface area contributed by atoms with Gasteiger partial charge in [-0.05, 0) is 63.2 Å². The van der Waals surface area contributed by atoms with Gasteiger partial charge in [0.25, 0.3) is 0 Å². The van der Waals surface area contributed by atoms with Crippen molar-refractivity contribution in [2.75, 3.05) is 0 Å². The van der Waals surface area contributed by atoms with Gasteiger partial charge < -0.3 is 5.32 Å². The molecular formula is C47H37N5. The van der Waals surface area contributed by atoms with Crippen molar-refractivity contribution in [2.45, 2.75) is 31.6 Å². The van der Waals surface area contributed by atoms with Crippen LogP contribution in [-0.2, 0) is 5.41 Å². The Morgan fingerprint density at radius 1 is 0.558 bits per heavy atom. The number of hydrogen-bond donors (Lipinski definition) is 2. The first-order valence-corrected chi connectivity index (χ1v) is 18.0. The second-order valence-corrected chi connectivity index (χ2v) is 14.4. The van der Waals surface area contributed by atoms with Crippen LogP contribution < -0.4 is 10.6 Å². The van der Waals surface area contributed by atoms with Crippen LogP contribution in [-0.4, -0.2) is 15.4 Å². The highest BCUT2D eigenvalue weighted by molar-refractivity contribution is 6.12. The van der Waals surface area contributed by atoms with Crippen LogP contribution in [0.3, 0.4) is 0 Å². The number of pyridine rings is 1. The van der Waals surface area contributed by atoms with Crippen LogP contribution in [0.1, 0.15) is 54.0 Å². The molecule has 10 rings (SSSR count). The van der Waals surface area contributed by atoms with Crippen molar-refractivity contribution in [2.24, 2.45) is 4.99 Å². The van der Waals surface area contributed by atoms with E-state index in [0.717, 1.165) is 39.4 Å². The van der Waals surface area contributed by atoms with Crippen molar-refractivity contribution < 1.29 is 0 Å². The highest BCUT2D eigenvalue weighted by Gasteiger charge is 2.36. The summed E-state index contributed by atoms with van der Waals surface area (Å²) in [4.78, 5) is 10.3. The minimum Gasteiger partial charge on any atom is -0.350 e. The van der Waals surface area contributed by atoms with Crippen LogP contribution in [0.4, 0.5) is 0 Å². The summed E-state index contributed by atoms with van der Waals surface area (Å²) >= 11 is 0. The topological polar surface area (TPSA) is 54.2 Å². The summed E-state index contributed by atoms with van der Waals surface area (Å²) in [6.07, 6.45) is 1.61. The molecule has 5 heteroatoms. The number of fused-ring (bicyclic) bond motifs is 6. The number of nitrogens with one attached hydrogen (secondary N) is 2. The molecule has 3 heterocycles. The molecule has 0 saturated heterocycles. The van der Waals surface area contributed by atoms with Crippen LogP contribution in [0.2, 0.25) is 0 Å². The van der Waals surface area contributed by atoms with Gasteiger partial charge >= 0.3 is 0 Å². The summed E-state index contributed by atoms with van der Waals surface area (Å²) in [6, 6.07) is 56.2. The maximum atomic E-state index is 5.21. The second-order valence-electron chi connectivity index (χ2n) is 14.4. The second kappa shape index (κ2) is 11.9. The zero-order valence-electron chi connectivity index (χ0n) is 29.1. The van der Waals surface area contributed by atoms with Gasteiger partial charge in [-0.25, -0.2) is 9.98 Å². The Kier molecular flexibility index (Phi) is 6.98. The smallest absolute Gasteiger partial charge is 0.137 e. The lowest BCUT2D eigenvalue weighted by atomic mass is 9.82. The fourth-order valence-electron chi connectivity index (χ4n) is 8.25. The number of aliphatic imine (C=N–C) groups is 1. The van der Waals surface area contributed by atoms with Gasteiger partial charge in [0.15, 0.2) is 0 Å². The quantitative estimate of drug-likeness (QED) is 0.191. The van der Waals surface area contributed by atoms with E-state index in [1.807, 2.05) is 18.3 Å². The molecule has 52 heavy (non-hydrogen) atoms. The minimum atomic E-state index is -0.203. The summed E-state index contributed by atoms with van der Waals surface area (Å²) in [7, 11) is 0. The van der Waals surface area contributed by atoms with Gasteiger partial charge in [-0.1, -0.05) is 147 Å². The maximum absolute atomic E-state index is 5.21. The Morgan fingerprint density at radius 3 is 2.00 bits per heavy atom. The van der Waals surface area contributed by atoms with E-state index in [0.29, 0.717) is 0 Å². The lowest BCUT2D eigenvalue weighted by molar-refractivity contribution is 0.408. The molecule has 0 fully saturated rings. The van der Waals surface area contributed by atoms with E-state index in [-0.39, 0.29) is 17.7 Å². The van der Waals surface area contributed by atoms with Gasteiger partial charge in [0.05, 0.1) is 11.0 Å². The van der Waals surface area contributed by atoms with Crippen molar-refractivity contribution in [3.63, 3.8) is 0 Å². The van der Waals surface area contributed by atoms with E-state index in [1.165, 1.54) is 44.2 Å². The van der Waals surface area contributed by atoms with E-state index in [1.54, 1.807) is 0 Å². The Hall–Kier alpha value is -6.30. The lowest BCUT2D eigenvalue weighted by Gasteiger charge is -2.32. The molecule has 250 valence electrons. The Labute approximate surface area is 303 Å². The largest absolute Gasteiger partial charge is 0.350 e. The minimum absolute atomic E-state index is 0.112. The molecule has 5 nitrogen and oxygen atoms in total. The molecule has 1 aliphatic carbocycles. The van der Waals surface area contributed by atoms with Gasteiger partial charge in [-0.15, -0.1) is 0 Å². The maximum Gasteiger partial charge on any atom is 0.137 e. The molecule has 0 spiro atoms. The Balaban J connectivity index is 1.11. The molecule has 0 amide bonds. The fourth-order valence-corrected chi connectivity index (χ4v) is 8.25.